The number of carbonyl (C=O) groups excluding carboxylic acids is 1. The van der Waals surface area contributed by atoms with E-state index in [1.54, 1.807) is 19.5 Å². The molecule has 0 saturated carbocycles. The van der Waals surface area contributed by atoms with Crippen molar-refractivity contribution in [3.8, 4) is 17.0 Å². The van der Waals surface area contributed by atoms with E-state index in [1.165, 1.54) is 5.56 Å². The molecule has 1 aliphatic heterocycles. The van der Waals surface area contributed by atoms with Crippen LogP contribution < -0.4 is 4.74 Å². The Morgan fingerprint density at radius 1 is 1.03 bits per heavy atom. The second-order valence-corrected chi connectivity index (χ2v) is 7.88. The number of hydrogen-bond acceptors (Lipinski definition) is 4. The number of nitrogens with one attached hydrogen (secondary N) is 1. The van der Waals surface area contributed by atoms with E-state index in [0.717, 1.165) is 40.1 Å². The molecule has 0 bridgehead atoms. The second-order valence-electron chi connectivity index (χ2n) is 7.88. The van der Waals surface area contributed by atoms with Crippen LogP contribution >= 0.6 is 0 Å². The van der Waals surface area contributed by atoms with Crippen molar-refractivity contribution in [1.82, 2.24) is 20.1 Å². The van der Waals surface area contributed by atoms with Gasteiger partial charge in [0.1, 0.15) is 11.4 Å². The maximum atomic E-state index is 13.5. The number of carbonyl (C=O) groups is 1. The molecule has 1 amide bonds. The molecule has 6 nitrogen and oxygen atoms in total. The minimum Gasteiger partial charge on any atom is -0.497 e. The Bertz CT molecular complexity index is 1230. The van der Waals surface area contributed by atoms with Crippen molar-refractivity contribution >= 4 is 5.91 Å². The SMILES string of the molecule is CCc1ccc(C2c3c(-c4ccc(OC)cc4)n[nH]c3C(=O)N2Cc2cccnc2)cc1. The lowest BCUT2D eigenvalue weighted by molar-refractivity contribution is 0.0730. The number of aryl methyl sites for hydroxylation is 1. The van der Waals surface area contributed by atoms with Crippen molar-refractivity contribution in [2.24, 2.45) is 0 Å². The number of benzene rings is 2. The van der Waals surface area contributed by atoms with Gasteiger partial charge in [-0.2, -0.15) is 5.10 Å². The zero-order chi connectivity index (χ0) is 22.1. The van der Waals surface area contributed by atoms with E-state index >= 15 is 0 Å². The Kier molecular flexibility index (Phi) is 5.19. The number of hydrogen-bond donors (Lipinski definition) is 1. The number of aromatic nitrogens is 3. The van der Waals surface area contributed by atoms with Crippen LogP contribution in [0.1, 0.15) is 45.7 Å². The highest BCUT2D eigenvalue weighted by Gasteiger charge is 2.42. The number of amides is 1. The third-order valence-electron chi connectivity index (χ3n) is 6.01. The van der Waals surface area contributed by atoms with Crippen LogP contribution in [0.2, 0.25) is 0 Å². The molecule has 1 unspecified atom stereocenters. The lowest BCUT2D eigenvalue weighted by atomic mass is 9.95. The van der Waals surface area contributed by atoms with E-state index < -0.39 is 0 Å². The highest BCUT2D eigenvalue weighted by molar-refractivity contribution is 6.00. The lowest BCUT2D eigenvalue weighted by Gasteiger charge is -2.26. The smallest absolute Gasteiger partial charge is 0.273 e. The molecule has 0 aliphatic carbocycles. The van der Waals surface area contributed by atoms with E-state index in [4.69, 9.17) is 4.74 Å². The van der Waals surface area contributed by atoms with Gasteiger partial charge in [-0.25, -0.2) is 0 Å². The lowest BCUT2D eigenvalue weighted by Crippen LogP contribution is -2.29. The van der Waals surface area contributed by atoms with Crippen molar-refractivity contribution in [1.29, 1.82) is 0 Å². The number of nitrogens with zero attached hydrogens (tertiary/aromatic N) is 3. The summed E-state index contributed by atoms with van der Waals surface area (Å²) in [5, 5.41) is 7.55. The molecule has 0 fully saturated rings. The summed E-state index contributed by atoms with van der Waals surface area (Å²) in [5.41, 5.74) is 6.50. The molecule has 4 aromatic rings. The normalized spacial score (nSPS) is 15.1. The molecule has 0 radical (unpaired) electrons. The minimum atomic E-state index is -0.237. The van der Waals surface area contributed by atoms with Crippen LogP contribution in [0.4, 0.5) is 0 Å². The number of methoxy groups -OCH3 is 1. The third-order valence-corrected chi connectivity index (χ3v) is 6.01. The van der Waals surface area contributed by atoms with E-state index in [0.29, 0.717) is 12.2 Å². The molecule has 1 atom stereocenters. The topological polar surface area (TPSA) is 71.1 Å². The summed E-state index contributed by atoms with van der Waals surface area (Å²) in [6.07, 6.45) is 4.52. The van der Waals surface area contributed by atoms with Gasteiger partial charge in [-0.1, -0.05) is 37.3 Å². The summed E-state index contributed by atoms with van der Waals surface area (Å²) < 4.78 is 5.30. The van der Waals surface area contributed by atoms with Gasteiger partial charge in [-0.05, 0) is 53.4 Å². The van der Waals surface area contributed by atoms with Crippen LogP contribution in [-0.2, 0) is 13.0 Å². The van der Waals surface area contributed by atoms with Crippen LogP contribution in [-0.4, -0.2) is 33.1 Å². The quantitative estimate of drug-likeness (QED) is 0.483. The maximum absolute atomic E-state index is 13.5. The summed E-state index contributed by atoms with van der Waals surface area (Å²) in [4.78, 5) is 19.6. The second kappa shape index (κ2) is 8.30. The molecule has 1 N–H and O–H groups in total. The molecule has 32 heavy (non-hydrogen) atoms. The van der Waals surface area contributed by atoms with Gasteiger partial charge in [0.05, 0.1) is 18.8 Å². The summed E-state index contributed by atoms with van der Waals surface area (Å²) in [5.74, 6) is 0.725. The summed E-state index contributed by atoms with van der Waals surface area (Å²) >= 11 is 0. The fourth-order valence-corrected chi connectivity index (χ4v) is 4.30. The van der Waals surface area contributed by atoms with Crippen molar-refractivity contribution in [2.45, 2.75) is 25.9 Å². The van der Waals surface area contributed by atoms with Gasteiger partial charge in [-0.15, -0.1) is 0 Å². The monoisotopic (exact) mass is 424 g/mol. The van der Waals surface area contributed by atoms with Crippen molar-refractivity contribution < 1.29 is 9.53 Å². The van der Waals surface area contributed by atoms with Gasteiger partial charge >= 0.3 is 0 Å². The fraction of sp³-hybridized carbons (Fsp3) is 0.192. The van der Waals surface area contributed by atoms with E-state index in [9.17, 15) is 4.79 Å². The summed E-state index contributed by atoms with van der Waals surface area (Å²) in [7, 11) is 1.65. The number of rotatable bonds is 6. The standard InChI is InChI=1S/C26H24N4O2/c1-3-17-6-8-20(9-7-17)25-22-23(19-10-12-21(32-2)13-11-19)28-29-24(22)26(31)30(25)16-18-5-4-14-27-15-18/h4-15,25H,3,16H2,1-2H3,(H,28,29). The predicted octanol–water partition coefficient (Wildman–Crippen LogP) is 4.79. The average Bonchev–Trinajstić information content (AvgIpc) is 3.39. The first-order valence-electron chi connectivity index (χ1n) is 10.7. The van der Waals surface area contributed by atoms with Crippen LogP contribution in [0.15, 0.2) is 73.1 Å². The zero-order valence-electron chi connectivity index (χ0n) is 18.1. The first kappa shape index (κ1) is 20.0. The molecule has 2 aromatic heterocycles. The molecule has 0 spiro atoms. The Morgan fingerprint density at radius 3 is 2.47 bits per heavy atom. The maximum Gasteiger partial charge on any atom is 0.273 e. The first-order valence-corrected chi connectivity index (χ1v) is 10.7. The molecular formula is C26H24N4O2. The van der Waals surface area contributed by atoms with E-state index in [1.807, 2.05) is 41.3 Å². The summed E-state index contributed by atoms with van der Waals surface area (Å²) in [6.45, 7) is 2.61. The molecule has 1 aliphatic rings. The first-order chi connectivity index (χ1) is 15.7. The van der Waals surface area contributed by atoms with Crippen molar-refractivity contribution in [3.05, 3.63) is 101 Å². The number of pyridine rings is 1. The minimum absolute atomic E-state index is 0.0549. The Morgan fingerprint density at radius 2 is 1.81 bits per heavy atom. The van der Waals surface area contributed by atoms with Gasteiger partial charge in [-0.3, -0.25) is 14.9 Å². The highest BCUT2D eigenvalue weighted by Crippen LogP contribution is 2.43. The Hall–Kier alpha value is -3.93. The molecular weight excluding hydrogens is 400 g/mol. The number of fused-ring (bicyclic) bond motifs is 1. The molecule has 160 valence electrons. The largest absolute Gasteiger partial charge is 0.497 e. The van der Waals surface area contributed by atoms with Crippen LogP contribution in [0, 0.1) is 0 Å². The zero-order valence-corrected chi connectivity index (χ0v) is 18.1. The van der Waals surface area contributed by atoms with Crippen molar-refractivity contribution in [2.75, 3.05) is 7.11 Å². The number of ether oxygens (including phenoxy) is 1. The average molecular weight is 425 g/mol. The van der Waals surface area contributed by atoms with Crippen LogP contribution in [0.3, 0.4) is 0 Å². The van der Waals surface area contributed by atoms with Crippen LogP contribution in [0.25, 0.3) is 11.3 Å². The van der Waals surface area contributed by atoms with E-state index in [2.05, 4.69) is 46.4 Å². The molecule has 0 saturated heterocycles. The Labute approximate surface area is 186 Å². The third kappa shape index (κ3) is 3.43. The molecule has 2 aromatic carbocycles. The number of aromatic amines is 1. The van der Waals surface area contributed by atoms with Gasteiger partial charge in [0.25, 0.3) is 5.91 Å². The van der Waals surface area contributed by atoms with E-state index in [-0.39, 0.29) is 11.9 Å². The predicted molar refractivity (Wildman–Crippen MR) is 122 cm³/mol. The van der Waals surface area contributed by atoms with Gasteiger partial charge in [0, 0.05) is 30.1 Å². The van der Waals surface area contributed by atoms with Gasteiger partial charge < -0.3 is 9.64 Å². The van der Waals surface area contributed by atoms with Gasteiger partial charge in [0.2, 0.25) is 0 Å². The molecule has 3 heterocycles. The van der Waals surface area contributed by atoms with Gasteiger partial charge in [0.15, 0.2) is 0 Å². The highest BCUT2D eigenvalue weighted by atomic mass is 16.5. The summed E-state index contributed by atoms with van der Waals surface area (Å²) in [6, 6.07) is 19.9. The molecule has 6 heteroatoms. The number of H-pyrrole nitrogens is 1. The van der Waals surface area contributed by atoms with Crippen molar-refractivity contribution in [3.63, 3.8) is 0 Å². The fourth-order valence-electron chi connectivity index (χ4n) is 4.30. The Balaban J connectivity index is 1.62. The van der Waals surface area contributed by atoms with Crippen LogP contribution in [0.5, 0.6) is 5.75 Å². The molecule has 5 rings (SSSR count).